The maximum Gasteiger partial charge on any atom is 0.278 e. The van der Waals surface area contributed by atoms with Crippen molar-refractivity contribution in [1.29, 1.82) is 0 Å². The third-order valence-electron chi connectivity index (χ3n) is 3.47. The average Bonchev–Trinajstić information content (AvgIpc) is 3.19. The summed E-state index contributed by atoms with van der Waals surface area (Å²) in [5.74, 6) is 0.662. The maximum atomic E-state index is 11.9. The van der Waals surface area contributed by atoms with Gasteiger partial charge < -0.3 is 9.55 Å². The summed E-state index contributed by atoms with van der Waals surface area (Å²) in [5.41, 5.74) is 4.08. The van der Waals surface area contributed by atoms with Gasteiger partial charge in [0.1, 0.15) is 5.82 Å². The monoisotopic (exact) mass is 308 g/mol. The molecule has 1 aromatic carbocycles. The SMILES string of the molecule is O=c1[nH]c(Cc2ccc(-n3cccc3)cc2)nc2scnc12. The molecule has 0 amide bonds. The van der Waals surface area contributed by atoms with E-state index in [0.717, 1.165) is 11.3 Å². The quantitative estimate of drug-likeness (QED) is 0.633. The van der Waals surface area contributed by atoms with Crippen molar-refractivity contribution in [3.63, 3.8) is 0 Å². The van der Waals surface area contributed by atoms with Crippen LogP contribution in [0.2, 0.25) is 0 Å². The van der Waals surface area contributed by atoms with Crippen molar-refractivity contribution in [1.82, 2.24) is 19.5 Å². The predicted octanol–water partition coefficient (Wildman–Crippen LogP) is 2.76. The van der Waals surface area contributed by atoms with Gasteiger partial charge in [0.05, 0.1) is 5.51 Å². The third kappa shape index (κ3) is 2.33. The molecular formula is C16H12N4OS. The summed E-state index contributed by atoms with van der Waals surface area (Å²) in [5, 5.41) is 0. The van der Waals surface area contributed by atoms with E-state index in [2.05, 4.69) is 27.1 Å². The molecule has 0 saturated carbocycles. The average molecular weight is 308 g/mol. The molecule has 4 rings (SSSR count). The lowest BCUT2D eigenvalue weighted by Crippen LogP contribution is -2.11. The molecule has 3 heterocycles. The van der Waals surface area contributed by atoms with Crippen molar-refractivity contribution in [2.24, 2.45) is 0 Å². The van der Waals surface area contributed by atoms with Crippen molar-refractivity contribution in [3.8, 4) is 5.69 Å². The zero-order valence-electron chi connectivity index (χ0n) is 11.6. The van der Waals surface area contributed by atoms with Gasteiger partial charge in [-0.25, -0.2) is 9.97 Å². The second-order valence-corrected chi connectivity index (χ2v) is 5.79. The van der Waals surface area contributed by atoms with E-state index in [9.17, 15) is 4.79 Å². The second kappa shape index (κ2) is 5.23. The Hall–Kier alpha value is -2.73. The molecule has 0 fully saturated rings. The maximum absolute atomic E-state index is 11.9. The molecule has 0 radical (unpaired) electrons. The molecule has 0 aliphatic rings. The topological polar surface area (TPSA) is 63.6 Å². The van der Waals surface area contributed by atoms with Crippen LogP contribution < -0.4 is 5.56 Å². The Morgan fingerprint density at radius 2 is 1.91 bits per heavy atom. The van der Waals surface area contributed by atoms with Crippen molar-refractivity contribution in [2.45, 2.75) is 6.42 Å². The van der Waals surface area contributed by atoms with E-state index < -0.39 is 0 Å². The molecular weight excluding hydrogens is 296 g/mol. The highest BCUT2D eigenvalue weighted by atomic mass is 32.1. The predicted molar refractivity (Wildman–Crippen MR) is 86.6 cm³/mol. The standard InChI is InChI=1S/C16H12N4OS/c21-15-14-16(22-10-17-14)19-13(18-15)9-11-3-5-12(6-4-11)20-7-1-2-8-20/h1-8,10H,9H2,(H,18,19,21). The summed E-state index contributed by atoms with van der Waals surface area (Å²) in [6.07, 6.45) is 4.60. The number of rotatable bonds is 3. The first-order valence-corrected chi connectivity index (χ1v) is 7.72. The minimum atomic E-state index is -0.176. The Morgan fingerprint density at radius 1 is 1.14 bits per heavy atom. The first-order valence-electron chi connectivity index (χ1n) is 6.84. The van der Waals surface area contributed by atoms with Crippen LogP contribution in [0.15, 0.2) is 59.1 Å². The summed E-state index contributed by atoms with van der Waals surface area (Å²) in [6, 6.07) is 12.2. The van der Waals surface area contributed by atoms with E-state index >= 15 is 0 Å². The number of hydrogen-bond donors (Lipinski definition) is 1. The fourth-order valence-electron chi connectivity index (χ4n) is 2.39. The van der Waals surface area contributed by atoms with Crippen molar-refractivity contribution in [3.05, 3.63) is 76.0 Å². The van der Waals surface area contributed by atoms with Gasteiger partial charge in [-0.1, -0.05) is 12.1 Å². The van der Waals surface area contributed by atoms with Crippen LogP contribution in [0, 0.1) is 0 Å². The molecule has 5 nitrogen and oxygen atoms in total. The summed E-state index contributed by atoms with van der Waals surface area (Å²) in [4.78, 5) is 23.9. The van der Waals surface area contributed by atoms with Gasteiger partial charge in [0.2, 0.25) is 0 Å². The Labute approximate surface area is 129 Å². The molecule has 0 saturated heterocycles. The minimum Gasteiger partial charge on any atom is -0.324 e. The minimum absolute atomic E-state index is 0.176. The van der Waals surface area contributed by atoms with Crippen LogP contribution >= 0.6 is 11.3 Å². The summed E-state index contributed by atoms with van der Waals surface area (Å²) < 4.78 is 2.05. The van der Waals surface area contributed by atoms with Crippen LogP contribution in [0.25, 0.3) is 16.0 Å². The largest absolute Gasteiger partial charge is 0.324 e. The molecule has 0 spiro atoms. The number of nitrogens with one attached hydrogen (secondary N) is 1. The number of fused-ring (bicyclic) bond motifs is 1. The lowest BCUT2D eigenvalue weighted by molar-refractivity contribution is 0.971. The zero-order chi connectivity index (χ0) is 14.9. The van der Waals surface area contributed by atoms with E-state index in [1.165, 1.54) is 11.3 Å². The lowest BCUT2D eigenvalue weighted by Gasteiger charge is -2.05. The van der Waals surface area contributed by atoms with E-state index in [0.29, 0.717) is 22.6 Å². The zero-order valence-corrected chi connectivity index (χ0v) is 12.4. The van der Waals surface area contributed by atoms with E-state index in [-0.39, 0.29) is 5.56 Å². The number of aromatic amines is 1. The molecule has 3 aromatic heterocycles. The second-order valence-electron chi connectivity index (χ2n) is 4.95. The smallest absolute Gasteiger partial charge is 0.278 e. The van der Waals surface area contributed by atoms with Crippen molar-refractivity contribution in [2.75, 3.05) is 0 Å². The van der Waals surface area contributed by atoms with Crippen LogP contribution in [-0.4, -0.2) is 19.5 Å². The molecule has 22 heavy (non-hydrogen) atoms. The normalized spacial score (nSPS) is 11.1. The van der Waals surface area contributed by atoms with Gasteiger partial charge in [0.25, 0.3) is 5.56 Å². The fourth-order valence-corrected chi connectivity index (χ4v) is 3.06. The molecule has 108 valence electrons. The molecule has 0 aliphatic heterocycles. The van der Waals surface area contributed by atoms with Crippen molar-refractivity contribution < 1.29 is 0 Å². The molecule has 0 aliphatic carbocycles. The first-order chi connectivity index (χ1) is 10.8. The highest BCUT2D eigenvalue weighted by Crippen LogP contribution is 2.14. The highest BCUT2D eigenvalue weighted by molar-refractivity contribution is 7.16. The number of hydrogen-bond acceptors (Lipinski definition) is 4. The van der Waals surface area contributed by atoms with Gasteiger partial charge >= 0.3 is 0 Å². The number of thiazole rings is 1. The van der Waals surface area contributed by atoms with Gasteiger partial charge in [0, 0.05) is 24.5 Å². The van der Waals surface area contributed by atoms with E-state index in [1.807, 2.05) is 41.2 Å². The lowest BCUT2D eigenvalue weighted by atomic mass is 10.1. The molecule has 0 unspecified atom stereocenters. The van der Waals surface area contributed by atoms with Gasteiger partial charge in [-0.2, -0.15) is 0 Å². The number of aromatic nitrogens is 4. The van der Waals surface area contributed by atoms with Crippen LogP contribution in [0.1, 0.15) is 11.4 Å². The van der Waals surface area contributed by atoms with Gasteiger partial charge in [-0.3, -0.25) is 4.79 Å². The summed E-state index contributed by atoms with van der Waals surface area (Å²) >= 11 is 1.38. The van der Waals surface area contributed by atoms with E-state index in [1.54, 1.807) is 5.51 Å². The Morgan fingerprint density at radius 3 is 2.68 bits per heavy atom. The summed E-state index contributed by atoms with van der Waals surface area (Å²) in [6.45, 7) is 0. The Kier molecular flexibility index (Phi) is 3.08. The Balaban J connectivity index is 1.63. The number of nitrogens with zero attached hydrogens (tertiary/aromatic N) is 3. The van der Waals surface area contributed by atoms with Gasteiger partial charge in [0.15, 0.2) is 10.3 Å². The van der Waals surface area contributed by atoms with Gasteiger partial charge in [-0.05, 0) is 29.8 Å². The fraction of sp³-hybridized carbons (Fsp3) is 0.0625. The first kappa shape index (κ1) is 13.0. The molecule has 6 heteroatoms. The molecule has 0 bridgehead atoms. The van der Waals surface area contributed by atoms with Crippen LogP contribution in [-0.2, 0) is 6.42 Å². The van der Waals surface area contributed by atoms with Crippen LogP contribution in [0.4, 0.5) is 0 Å². The Bertz CT molecular complexity index is 967. The third-order valence-corrected chi connectivity index (χ3v) is 4.19. The molecule has 1 N–H and O–H groups in total. The highest BCUT2D eigenvalue weighted by Gasteiger charge is 2.07. The van der Waals surface area contributed by atoms with Crippen LogP contribution in [0.5, 0.6) is 0 Å². The van der Waals surface area contributed by atoms with Crippen LogP contribution in [0.3, 0.4) is 0 Å². The number of benzene rings is 1. The molecule has 4 aromatic rings. The number of H-pyrrole nitrogens is 1. The van der Waals surface area contributed by atoms with Gasteiger partial charge in [-0.15, -0.1) is 11.3 Å². The van der Waals surface area contributed by atoms with Crippen molar-refractivity contribution >= 4 is 21.7 Å². The molecule has 0 atom stereocenters. The van der Waals surface area contributed by atoms with E-state index in [4.69, 9.17) is 0 Å². The summed E-state index contributed by atoms with van der Waals surface area (Å²) in [7, 11) is 0.